The number of aliphatic hydroxyl groups excluding tert-OH is 1. The number of rotatable bonds is 8. The Hall–Kier alpha value is -3.38. The van der Waals surface area contributed by atoms with Gasteiger partial charge in [-0.1, -0.05) is 48.5 Å². The van der Waals surface area contributed by atoms with Crippen molar-refractivity contribution in [2.24, 2.45) is 0 Å². The predicted molar refractivity (Wildman–Crippen MR) is 125 cm³/mol. The standard InChI is InChI=1S/C26H29N3O3/c1-17-22(19-11-7-8-12-20(19)27-17)24-23(21(30)14-13-18-9-5-4-6-10-18)25(31)26(32)29(24)16-15-28(2)3/h4-12,24,27,31H,13-16H2,1-3H3. The first-order chi connectivity index (χ1) is 15.4. The summed E-state index contributed by atoms with van der Waals surface area (Å²) in [5.74, 6) is -1.09. The van der Waals surface area contributed by atoms with Gasteiger partial charge in [0, 0.05) is 41.7 Å². The third-order valence-corrected chi connectivity index (χ3v) is 6.09. The van der Waals surface area contributed by atoms with Gasteiger partial charge in [-0.05, 0) is 39.1 Å². The Morgan fingerprint density at radius 3 is 2.50 bits per heavy atom. The zero-order chi connectivity index (χ0) is 22.8. The Labute approximate surface area is 188 Å². The Morgan fingerprint density at radius 1 is 1.09 bits per heavy atom. The molecule has 2 heterocycles. The Kier molecular flexibility index (Phi) is 6.15. The van der Waals surface area contributed by atoms with Gasteiger partial charge >= 0.3 is 0 Å². The lowest BCUT2D eigenvalue weighted by atomic mass is 9.91. The number of ketones is 1. The second kappa shape index (κ2) is 9.01. The van der Waals surface area contributed by atoms with Crippen LogP contribution in [0.2, 0.25) is 0 Å². The summed E-state index contributed by atoms with van der Waals surface area (Å²) in [6, 6.07) is 17.0. The Morgan fingerprint density at radius 2 is 1.78 bits per heavy atom. The van der Waals surface area contributed by atoms with E-state index in [1.165, 1.54) is 0 Å². The number of hydrogen-bond acceptors (Lipinski definition) is 4. The van der Waals surface area contributed by atoms with Crippen molar-refractivity contribution < 1.29 is 14.7 Å². The number of carbonyl (C=O) groups is 2. The van der Waals surface area contributed by atoms with E-state index in [0.29, 0.717) is 19.5 Å². The number of aliphatic hydroxyl groups is 1. The van der Waals surface area contributed by atoms with Gasteiger partial charge in [0.25, 0.3) is 5.91 Å². The van der Waals surface area contributed by atoms with Crippen molar-refractivity contribution in [1.82, 2.24) is 14.8 Å². The minimum atomic E-state index is -0.609. The van der Waals surface area contributed by atoms with Crippen LogP contribution in [0.25, 0.3) is 10.9 Å². The third-order valence-electron chi connectivity index (χ3n) is 6.09. The summed E-state index contributed by atoms with van der Waals surface area (Å²) in [5, 5.41) is 11.8. The molecular formula is C26H29N3O3. The molecule has 6 heteroatoms. The van der Waals surface area contributed by atoms with Gasteiger partial charge in [0.15, 0.2) is 11.5 Å². The molecule has 4 rings (SSSR count). The number of para-hydroxylation sites is 1. The zero-order valence-electron chi connectivity index (χ0n) is 18.8. The monoisotopic (exact) mass is 431 g/mol. The first-order valence-corrected chi connectivity index (χ1v) is 10.9. The van der Waals surface area contributed by atoms with Crippen molar-refractivity contribution in [2.45, 2.75) is 25.8 Å². The number of aryl methyl sites for hydroxylation is 2. The number of nitrogens with zero attached hydrogens (tertiary/aromatic N) is 2. The molecule has 6 nitrogen and oxygen atoms in total. The van der Waals surface area contributed by atoms with Gasteiger partial charge in [-0.3, -0.25) is 9.59 Å². The molecule has 32 heavy (non-hydrogen) atoms. The summed E-state index contributed by atoms with van der Waals surface area (Å²) in [4.78, 5) is 33.5. The van der Waals surface area contributed by atoms with Gasteiger partial charge in [-0.15, -0.1) is 0 Å². The molecule has 0 saturated heterocycles. The predicted octanol–water partition coefficient (Wildman–Crippen LogP) is 3.94. The van der Waals surface area contributed by atoms with Gasteiger partial charge in [0.1, 0.15) is 0 Å². The minimum Gasteiger partial charge on any atom is -0.503 e. The molecule has 2 N–H and O–H groups in total. The second-order valence-electron chi connectivity index (χ2n) is 8.58. The average molecular weight is 432 g/mol. The number of benzene rings is 2. The topological polar surface area (TPSA) is 76.6 Å². The zero-order valence-corrected chi connectivity index (χ0v) is 18.8. The maximum atomic E-state index is 13.4. The molecule has 166 valence electrons. The number of aromatic nitrogens is 1. The number of carbonyl (C=O) groups excluding carboxylic acids is 2. The summed E-state index contributed by atoms with van der Waals surface area (Å²) < 4.78 is 0. The normalized spacial score (nSPS) is 16.6. The third kappa shape index (κ3) is 4.06. The summed E-state index contributed by atoms with van der Waals surface area (Å²) in [6.07, 6.45) is 0.790. The molecule has 0 bridgehead atoms. The fraction of sp³-hybridized carbons (Fsp3) is 0.308. The molecule has 1 atom stereocenters. The quantitative estimate of drug-likeness (QED) is 0.567. The second-order valence-corrected chi connectivity index (χ2v) is 8.58. The number of H-pyrrole nitrogens is 1. The van der Waals surface area contributed by atoms with Gasteiger partial charge in [0.05, 0.1) is 11.6 Å². The van der Waals surface area contributed by atoms with Crippen LogP contribution in [0.3, 0.4) is 0 Å². The molecule has 2 aromatic carbocycles. The molecular weight excluding hydrogens is 402 g/mol. The van der Waals surface area contributed by atoms with Gasteiger partial charge in [-0.25, -0.2) is 0 Å². The molecule has 1 aliphatic rings. The number of aromatic amines is 1. The minimum absolute atomic E-state index is 0.193. The lowest BCUT2D eigenvalue weighted by Gasteiger charge is -2.28. The highest BCUT2D eigenvalue weighted by molar-refractivity contribution is 6.09. The maximum Gasteiger partial charge on any atom is 0.290 e. The fourth-order valence-corrected chi connectivity index (χ4v) is 4.46. The van der Waals surface area contributed by atoms with E-state index in [2.05, 4.69) is 4.98 Å². The number of Topliss-reactive ketones (excluding diaryl/α,β-unsaturated/α-hetero) is 1. The maximum absolute atomic E-state index is 13.4. The molecule has 0 spiro atoms. The lowest BCUT2D eigenvalue weighted by molar-refractivity contribution is -0.129. The lowest BCUT2D eigenvalue weighted by Crippen LogP contribution is -2.36. The van der Waals surface area contributed by atoms with Crippen molar-refractivity contribution in [3.8, 4) is 0 Å². The highest BCUT2D eigenvalue weighted by atomic mass is 16.3. The number of likely N-dealkylation sites (N-methyl/N-ethyl adjacent to an activating group) is 1. The van der Waals surface area contributed by atoms with E-state index in [-0.39, 0.29) is 17.8 Å². The number of fused-ring (bicyclic) bond motifs is 1. The van der Waals surface area contributed by atoms with Crippen LogP contribution in [0, 0.1) is 6.92 Å². The first kappa shape index (κ1) is 21.8. The van der Waals surface area contributed by atoms with Crippen molar-refractivity contribution in [3.63, 3.8) is 0 Å². The Bertz CT molecular complexity index is 1180. The van der Waals surface area contributed by atoms with Crippen LogP contribution >= 0.6 is 0 Å². The van der Waals surface area contributed by atoms with E-state index in [0.717, 1.165) is 27.7 Å². The number of amides is 1. The van der Waals surface area contributed by atoms with Crippen molar-refractivity contribution in [2.75, 3.05) is 27.2 Å². The van der Waals surface area contributed by atoms with Crippen LogP contribution in [-0.4, -0.2) is 58.8 Å². The highest BCUT2D eigenvalue weighted by Crippen LogP contribution is 2.42. The summed E-state index contributed by atoms with van der Waals surface area (Å²) in [7, 11) is 3.87. The van der Waals surface area contributed by atoms with Crippen molar-refractivity contribution >= 4 is 22.6 Å². The molecule has 1 amide bonds. The summed E-state index contributed by atoms with van der Waals surface area (Å²) in [5.41, 5.74) is 3.97. The van der Waals surface area contributed by atoms with E-state index in [4.69, 9.17) is 0 Å². The molecule has 0 saturated carbocycles. The van der Waals surface area contributed by atoms with Gasteiger partial charge in [-0.2, -0.15) is 0 Å². The molecule has 0 radical (unpaired) electrons. The number of nitrogens with one attached hydrogen (secondary N) is 1. The summed E-state index contributed by atoms with van der Waals surface area (Å²) in [6.45, 7) is 2.99. The van der Waals surface area contributed by atoms with E-state index in [9.17, 15) is 14.7 Å². The van der Waals surface area contributed by atoms with Crippen LogP contribution in [-0.2, 0) is 16.0 Å². The van der Waals surface area contributed by atoms with E-state index in [1.54, 1.807) is 4.90 Å². The Balaban J connectivity index is 1.74. The highest BCUT2D eigenvalue weighted by Gasteiger charge is 2.44. The molecule has 1 aromatic heterocycles. The van der Waals surface area contributed by atoms with Crippen molar-refractivity contribution in [1.29, 1.82) is 0 Å². The SMILES string of the molecule is Cc1[nH]c2ccccc2c1C1C(C(=O)CCc2ccccc2)=C(O)C(=O)N1CCN(C)C. The van der Waals surface area contributed by atoms with Crippen LogP contribution < -0.4 is 0 Å². The summed E-state index contributed by atoms with van der Waals surface area (Å²) >= 11 is 0. The van der Waals surface area contributed by atoms with E-state index < -0.39 is 17.7 Å². The molecule has 0 aliphatic carbocycles. The smallest absolute Gasteiger partial charge is 0.290 e. The van der Waals surface area contributed by atoms with Crippen LogP contribution in [0.15, 0.2) is 65.9 Å². The van der Waals surface area contributed by atoms with Crippen LogP contribution in [0.4, 0.5) is 0 Å². The average Bonchev–Trinajstić information content (AvgIpc) is 3.23. The van der Waals surface area contributed by atoms with Gasteiger partial charge < -0.3 is 19.9 Å². The van der Waals surface area contributed by atoms with Gasteiger partial charge in [0.2, 0.25) is 0 Å². The molecule has 3 aromatic rings. The van der Waals surface area contributed by atoms with E-state index >= 15 is 0 Å². The van der Waals surface area contributed by atoms with Crippen molar-refractivity contribution in [3.05, 3.63) is 82.8 Å². The fourth-order valence-electron chi connectivity index (χ4n) is 4.46. The largest absolute Gasteiger partial charge is 0.503 e. The molecule has 1 aliphatic heterocycles. The molecule has 1 unspecified atom stereocenters. The number of hydrogen-bond donors (Lipinski definition) is 2. The first-order valence-electron chi connectivity index (χ1n) is 10.9. The van der Waals surface area contributed by atoms with Crippen LogP contribution in [0.5, 0.6) is 0 Å². The molecule has 0 fully saturated rings. The van der Waals surface area contributed by atoms with E-state index in [1.807, 2.05) is 80.5 Å². The van der Waals surface area contributed by atoms with Crippen LogP contribution in [0.1, 0.15) is 29.3 Å².